The molecule has 0 atom stereocenters. The van der Waals surface area contributed by atoms with E-state index in [0.717, 1.165) is 21.5 Å². The minimum atomic E-state index is 0.0592. The zero-order valence-corrected chi connectivity index (χ0v) is 11.7. The van der Waals surface area contributed by atoms with Gasteiger partial charge in [-0.2, -0.15) is 0 Å². The fraction of sp³-hybridized carbons (Fsp3) is 0.214. The Hall–Kier alpha value is -1.35. The smallest absolute Gasteiger partial charge is 0.182 e. The molecule has 0 N–H and O–H groups in total. The fourth-order valence-corrected chi connectivity index (χ4v) is 2.43. The van der Waals surface area contributed by atoms with Gasteiger partial charge in [-0.15, -0.1) is 0 Å². The summed E-state index contributed by atoms with van der Waals surface area (Å²) in [4.78, 5) is 11.4. The molecule has 0 saturated heterocycles. The van der Waals surface area contributed by atoms with Crippen LogP contribution in [0.15, 0.2) is 39.6 Å². The van der Waals surface area contributed by atoms with Crippen LogP contribution in [-0.4, -0.2) is 4.57 Å². The van der Waals surface area contributed by atoms with Crippen molar-refractivity contribution < 1.29 is 0 Å². The molecule has 1 aromatic heterocycles. The molecule has 0 amide bonds. The molecular weight excluding hydrogens is 278 g/mol. The largest absolute Gasteiger partial charge is 0.318 e. The van der Waals surface area contributed by atoms with Crippen LogP contribution in [0.5, 0.6) is 0 Å². The maximum Gasteiger partial charge on any atom is 0.182 e. The molecule has 2 rings (SSSR count). The lowest BCUT2D eigenvalue weighted by Gasteiger charge is -2.17. The number of halogens is 1. The van der Waals surface area contributed by atoms with E-state index in [-0.39, 0.29) is 5.43 Å². The third-order valence-electron chi connectivity index (χ3n) is 2.89. The average Bonchev–Trinajstić information content (AvgIpc) is 2.23. The summed E-state index contributed by atoms with van der Waals surface area (Å²) in [7, 11) is 0. The first-order valence-electron chi connectivity index (χ1n) is 5.46. The monoisotopic (exact) mass is 291 g/mol. The van der Waals surface area contributed by atoms with Crippen LogP contribution in [0.1, 0.15) is 17.0 Å². The summed E-state index contributed by atoms with van der Waals surface area (Å²) >= 11 is 3.53. The van der Waals surface area contributed by atoms with Gasteiger partial charge >= 0.3 is 0 Å². The van der Waals surface area contributed by atoms with Crippen LogP contribution in [0, 0.1) is 20.8 Å². The maximum absolute atomic E-state index is 11.4. The number of rotatable bonds is 1. The van der Waals surface area contributed by atoms with Crippen LogP contribution in [0.4, 0.5) is 0 Å². The quantitative estimate of drug-likeness (QED) is 0.788. The molecular formula is C14H14BrNO. The van der Waals surface area contributed by atoms with Gasteiger partial charge < -0.3 is 4.57 Å². The first-order valence-corrected chi connectivity index (χ1v) is 6.26. The van der Waals surface area contributed by atoms with E-state index in [0.29, 0.717) is 0 Å². The summed E-state index contributed by atoms with van der Waals surface area (Å²) in [5.41, 5.74) is 4.24. The van der Waals surface area contributed by atoms with Crippen LogP contribution in [0.3, 0.4) is 0 Å². The molecule has 0 bridgehead atoms. The Kier molecular flexibility index (Phi) is 3.20. The molecule has 17 heavy (non-hydrogen) atoms. The van der Waals surface area contributed by atoms with Crippen molar-refractivity contribution in [3.8, 4) is 5.69 Å². The second kappa shape index (κ2) is 4.49. The highest BCUT2D eigenvalue weighted by atomic mass is 79.9. The first-order chi connectivity index (χ1) is 8.00. The summed E-state index contributed by atoms with van der Waals surface area (Å²) in [5.74, 6) is 0. The van der Waals surface area contributed by atoms with E-state index >= 15 is 0 Å². The number of benzene rings is 1. The fourth-order valence-electron chi connectivity index (χ4n) is 2.08. The van der Waals surface area contributed by atoms with Crippen molar-refractivity contribution in [2.75, 3.05) is 0 Å². The minimum absolute atomic E-state index is 0.0592. The summed E-state index contributed by atoms with van der Waals surface area (Å²) in [6.07, 6.45) is 0. The van der Waals surface area contributed by atoms with Crippen LogP contribution >= 0.6 is 15.9 Å². The Morgan fingerprint density at radius 1 is 1.06 bits per heavy atom. The van der Waals surface area contributed by atoms with Crippen LogP contribution < -0.4 is 5.43 Å². The Labute approximate surface area is 109 Å². The van der Waals surface area contributed by atoms with E-state index in [4.69, 9.17) is 0 Å². The van der Waals surface area contributed by atoms with E-state index in [9.17, 15) is 4.79 Å². The van der Waals surface area contributed by atoms with E-state index < -0.39 is 0 Å². The first kappa shape index (κ1) is 12.1. The van der Waals surface area contributed by atoms with Crippen LogP contribution in [0.25, 0.3) is 5.69 Å². The third kappa shape index (κ3) is 2.20. The maximum atomic E-state index is 11.4. The predicted octanol–water partition coefficient (Wildman–Crippen LogP) is 3.53. The molecule has 1 aromatic carbocycles. The molecule has 0 saturated carbocycles. The number of pyridine rings is 1. The average molecular weight is 292 g/mol. The summed E-state index contributed by atoms with van der Waals surface area (Å²) in [6.45, 7) is 5.97. The van der Waals surface area contributed by atoms with Crippen LogP contribution in [-0.2, 0) is 0 Å². The minimum Gasteiger partial charge on any atom is -0.318 e. The lowest BCUT2D eigenvalue weighted by Crippen LogP contribution is -2.12. The van der Waals surface area contributed by atoms with Gasteiger partial charge in [-0.3, -0.25) is 4.79 Å². The lowest BCUT2D eigenvalue weighted by molar-refractivity contribution is 0.912. The zero-order chi connectivity index (χ0) is 12.6. The molecule has 0 aliphatic rings. The highest BCUT2D eigenvalue weighted by Crippen LogP contribution is 2.24. The van der Waals surface area contributed by atoms with Gasteiger partial charge in [-0.25, -0.2) is 0 Å². The molecule has 0 aliphatic carbocycles. The second-order valence-corrected chi connectivity index (χ2v) is 5.05. The molecule has 0 spiro atoms. The van der Waals surface area contributed by atoms with E-state index in [1.807, 2.05) is 26.0 Å². The predicted molar refractivity (Wildman–Crippen MR) is 74.0 cm³/mol. The lowest BCUT2D eigenvalue weighted by atomic mass is 10.1. The summed E-state index contributed by atoms with van der Waals surface area (Å²) in [6, 6.07) is 9.40. The number of hydrogen-bond donors (Lipinski definition) is 0. The molecule has 3 heteroatoms. The van der Waals surface area contributed by atoms with E-state index in [1.54, 1.807) is 12.1 Å². The molecule has 0 fully saturated rings. The number of hydrogen-bond acceptors (Lipinski definition) is 1. The van der Waals surface area contributed by atoms with Crippen molar-refractivity contribution in [2.45, 2.75) is 20.8 Å². The number of nitrogens with zero attached hydrogens (tertiary/aromatic N) is 1. The van der Waals surface area contributed by atoms with Crippen molar-refractivity contribution in [3.63, 3.8) is 0 Å². The standard InChI is InChI=1S/C14H14BrNO/c1-9-7-12(17)8-10(2)16(9)14-6-4-5-13(15)11(14)3/h4-8H,1-3H3. The van der Waals surface area contributed by atoms with Crippen molar-refractivity contribution >= 4 is 15.9 Å². The Morgan fingerprint density at radius 3 is 2.24 bits per heavy atom. The van der Waals surface area contributed by atoms with Crippen molar-refractivity contribution in [1.29, 1.82) is 0 Å². The van der Waals surface area contributed by atoms with Crippen molar-refractivity contribution in [1.82, 2.24) is 4.57 Å². The molecule has 2 aromatic rings. The second-order valence-electron chi connectivity index (χ2n) is 4.19. The van der Waals surface area contributed by atoms with Crippen molar-refractivity contribution in [3.05, 3.63) is 62.0 Å². The summed E-state index contributed by atoms with van der Waals surface area (Å²) in [5, 5.41) is 0. The SMILES string of the molecule is Cc1c(Br)cccc1-n1c(C)cc(=O)cc1C. The number of aryl methyl sites for hydroxylation is 2. The van der Waals surface area contributed by atoms with Gasteiger partial charge in [0.15, 0.2) is 5.43 Å². The Morgan fingerprint density at radius 2 is 1.65 bits per heavy atom. The Bertz CT molecular complexity index is 602. The topological polar surface area (TPSA) is 22.0 Å². The third-order valence-corrected chi connectivity index (χ3v) is 3.75. The van der Waals surface area contributed by atoms with E-state index in [1.165, 1.54) is 5.56 Å². The highest BCUT2D eigenvalue weighted by Gasteiger charge is 2.08. The van der Waals surface area contributed by atoms with Gasteiger partial charge in [0.2, 0.25) is 0 Å². The normalized spacial score (nSPS) is 10.6. The van der Waals surface area contributed by atoms with Crippen molar-refractivity contribution in [2.24, 2.45) is 0 Å². The van der Waals surface area contributed by atoms with E-state index in [2.05, 4.69) is 33.5 Å². The zero-order valence-electron chi connectivity index (χ0n) is 10.1. The van der Waals surface area contributed by atoms with Crippen LogP contribution in [0.2, 0.25) is 0 Å². The summed E-state index contributed by atoms with van der Waals surface area (Å²) < 4.78 is 3.18. The number of aromatic nitrogens is 1. The van der Waals surface area contributed by atoms with Gasteiger partial charge in [-0.05, 0) is 38.5 Å². The van der Waals surface area contributed by atoms with Gasteiger partial charge in [0.05, 0.1) is 0 Å². The van der Waals surface area contributed by atoms with Gasteiger partial charge in [0.1, 0.15) is 0 Å². The van der Waals surface area contributed by atoms with Gasteiger partial charge in [0, 0.05) is 33.7 Å². The molecule has 1 heterocycles. The molecule has 0 radical (unpaired) electrons. The molecule has 0 aliphatic heterocycles. The highest BCUT2D eigenvalue weighted by molar-refractivity contribution is 9.10. The Balaban J connectivity index is 2.77. The molecule has 2 nitrogen and oxygen atoms in total. The molecule has 88 valence electrons. The van der Waals surface area contributed by atoms with Gasteiger partial charge in [-0.1, -0.05) is 22.0 Å². The molecule has 0 unspecified atom stereocenters. The van der Waals surface area contributed by atoms with Gasteiger partial charge in [0.25, 0.3) is 0 Å².